The third-order valence-corrected chi connectivity index (χ3v) is 6.49. The van der Waals surface area contributed by atoms with Crippen molar-refractivity contribution in [3.05, 3.63) is 77.1 Å². The molecule has 1 aliphatic rings. The third-order valence-electron chi connectivity index (χ3n) is 4.53. The molecule has 2 heterocycles. The smallest absolute Gasteiger partial charge is 0.255 e. The Morgan fingerprint density at radius 1 is 1.17 bits per heavy atom. The molecule has 0 saturated carbocycles. The molecule has 0 aliphatic carbocycles. The van der Waals surface area contributed by atoms with Crippen molar-refractivity contribution in [1.82, 2.24) is 15.2 Å². The van der Waals surface area contributed by atoms with E-state index >= 15 is 0 Å². The average Bonchev–Trinajstić information content (AvgIpc) is 3.42. The van der Waals surface area contributed by atoms with Crippen molar-refractivity contribution in [1.29, 1.82) is 0 Å². The van der Waals surface area contributed by atoms with Gasteiger partial charge in [0.1, 0.15) is 16.9 Å². The maximum absolute atomic E-state index is 13.4. The van der Waals surface area contributed by atoms with Crippen LogP contribution in [0.1, 0.15) is 16.1 Å². The van der Waals surface area contributed by atoms with Gasteiger partial charge in [-0.05, 0) is 18.2 Å². The van der Waals surface area contributed by atoms with E-state index in [-0.39, 0.29) is 17.4 Å². The van der Waals surface area contributed by atoms with Gasteiger partial charge in [-0.25, -0.2) is 9.37 Å². The average molecular weight is 428 g/mol. The number of thioether (sulfide) groups is 1. The number of halogens is 1. The van der Waals surface area contributed by atoms with Crippen molar-refractivity contribution in [2.24, 2.45) is 0 Å². The number of hydrogen-bond donors (Lipinski definition) is 1. The molecule has 0 unspecified atom stereocenters. The molecule has 148 valence electrons. The second kappa shape index (κ2) is 8.75. The Balaban J connectivity index is 1.39. The molecule has 5 nitrogen and oxygen atoms in total. The Labute approximate surface area is 176 Å². The molecule has 2 amide bonds. The molecular formula is C21H18FN3O2S2. The van der Waals surface area contributed by atoms with Gasteiger partial charge in [0, 0.05) is 22.3 Å². The fourth-order valence-electron chi connectivity index (χ4n) is 3.04. The Kier molecular flexibility index (Phi) is 5.92. The highest BCUT2D eigenvalue weighted by molar-refractivity contribution is 7.99. The van der Waals surface area contributed by atoms with Gasteiger partial charge in [0.15, 0.2) is 0 Å². The molecule has 1 saturated heterocycles. The minimum Gasteiger partial charge on any atom is -0.349 e. The zero-order chi connectivity index (χ0) is 20.2. The fourth-order valence-corrected chi connectivity index (χ4v) is 5.02. The Morgan fingerprint density at radius 3 is 2.79 bits per heavy atom. The van der Waals surface area contributed by atoms with Gasteiger partial charge in [-0.3, -0.25) is 9.59 Å². The highest BCUT2D eigenvalue weighted by atomic mass is 32.2. The monoisotopic (exact) mass is 427 g/mol. The second-order valence-corrected chi connectivity index (χ2v) is 8.39. The van der Waals surface area contributed by atoms with Gasteiger partial charge in [0.2, 0.25) is 5.91 Å². The van der Waals surface area contributed by atoms with Crippen LogP contribution in [0.25, 0.3) is 10.6 Å². The zero-order valence-corrected chi connectivity index (χ0v) is 17.0. The maximum atomic E-state index is 13.4. The van der Waals surface area contributed by atoms with Gasteiger partial charge in [0.25, 0.3) is 5.91 Å². The first kappa shape index (κ1) is 19.6. The van der Waals surface area contributed by atoms with Crippen molar-refractivity contribution < 1.29 is 14.0 Å². The summed E-state index contributed by atoms with van der Waals surface area (Å²) in [6, 6.07) is 14.8. The maximum Gasteiger partial charge on any atom is 0.255 e. The number of hydrogen-bond acceptors (Lipinski definition) is 5. The standard InChI is InChI=1S/C21H18FN3O2S2/c22-16-8-4-7-15(9-16)21(27)25-13-28-12-18(25)19(26)23-10-17-11-29-20(24-17)14-5-2-1-3-6-14/h1-9,11,18H,10,12-13H2,(H,23,26)/t18-/m1/s1. The molecule has 29 heavy (non-hydrogen) atoms. The third kappa shape index (κ3) is 4.49. The summed E-state index contributed by atoms with van der Waals surface area (Å²) in [5.41, 5.74) is 2.06. The predicted octanol–water partition coefficient (Wildman–Crippen LogP) is 3.78. The number of aromatic nitrogens is 1. The number of rotatable bonds is 5. The molecule has 3 aromatic rings. The number of amides is 2. The zero-order valence-electron chi connectivity index (χ0n) is 15.4. The fraction of sp³-hybridized carbons (Fsp3) is 0.190. The van der Waals surface area contributed by atoms with Crippen LogP contribution in [0.15, 0.2) is 60.0 Å². The summed E-state index contributed by atoms with van der Waals surface area (Å²) in [7, 11) is 0. The molecule has 1 atom stereocenters. The Morgan fingerprint density at radius 2 is 2.00 bits per heavy atom. The van der Waals surface area contributed by atoms with E-state index in [1.54, 1.807) is 6.07 Å². The lowest BCUT2D eigenvalue weighted by atomic mass is 10.1. The van der Waals surface area contributed by atoms with Crippen LogP contribution in [0.5, 0.6) is 0 Å². The van der Waals surface area contributed by atoms with Crippen molar-refractivity contribution >= 4 is 34.9 Å². The summed E-state index contributed by atoms with van der Waals surface area (Å²) < 4.78 is 13.4. The molecular weight excluding hydrogens is 409 g/mol. The molecule has 0 spiro atoms. The van der Waals surface area contributed by atoms with Crippen molar-refractivity contribution in [2.45, 2.75) is 12.6 Å². The minimum atomic E-state index is -0.581. The SMILES string of the molecule is O=C(NCc1csc(-c2ccccc2)n1)[C@H]1CSCN1C(=O)c1cccc(F)c1. The van der Waals surface area contributed by atoms with Crippen molar-refractivity contribution in [3.8, 4) is 10.6 Å². The number of thiazole rings is 1. The minimum absolute atomic E-state index is 0.228. The van der Waals surface area contributed by atoms with Gasteiger partial charge >= 0.3 is 0 Å². The van der Waals surface area contributed by atoms with E-state index in [4.69, 9.17) is 0 Å². The molecule has 2 aromatic carbocycles. The van der Waals surface area contributed by atoms with E-state index < -0.39 is 11.9 Å². The number of carbonyl (C=O) groups excluding carboxylic acids is 2. The van der Waals surface area contributed by atoms with Crippen molar-refractivity contribution in [2.75, 3.05) is 11.6 Å². The first-order valence-electron chi connectivity index (χ1n) is 9.03. The highest BCUT2D eigenvalue weighted by Crippen LogP contribution is 2.25. The van der Waals surface area contributed by atoms with E-state index in [0.717, 1.165) is 16.3 Å². The summed E-state index contributed by atoms with van der Waals surface area (Å²) in [4.78, 5) is 31.5. The Hall–Kier alpha value is -2.71. The second-order valence-electron chi connectivity index (χ2n) is 6.53. The molecule has 0 radical (unpaired) electrons. The first-order chi connectivity index (χ1) is 14.1. The predicted molar refractivity (Wildman–Crippen MR) is 113 cm³/mol. The quantitative estimate of drug-likeness (QED) is 0.673. The van der Waals surface area contributed by atoms with Crippen LogP contribution in [-0.4, -0.2) is 39.4 Å². The molecule has 1 fully saturated rings. The number of nitrogens with one attached hydrogen (secondary N) is 1. The molecule has 1 aromatic heterocycles. The van der Waals surface area contributed by atoms with Crippen LogP contribution in [-0.2, 0) is 11.3 Å². The summed E-state index contributed by atoms with van der Waals surface area (Å²) in [5, 5.41) is 5.69. The lowest BCUT2D eigenvalue weighted by Crippen LogP contribution is -2.47. The highest BCUT2D eigenvalue weighted by Gasteiger charge is 2.35. The molecule has 4 rings (SSSR count). The van der Waals surface area contributed by atoms with E-state index in [0.29, 0.717) is 18.2 Å². The summed E-state index contributed by atoms with van der Waals surface area (Å²) >= 11 is 3.03. The summed E-state index contributed by atoms with van der Waals surface area (Å²) in [6.07, 6.45) is 0. The number of nitrogens with zero attached hydrogens (tertiary/aromatic N) is 2. The first-order valence-corrected chi connectivity index (χ1v) is 11.1. The van der Waals surface area contributed by atoms with Gasteiger partial charge < -0.3 is 10.2 Å². The molecule has 8 heteroatoms. The lowest BCUT2D eigenvalue weighted by Gasteiger charge is -2.23. The van der Waals surface area contributed by atoms with E-state index in [1.165, 1.54) is 46.2 Å². The van der Waals surface area contributed by atoms with Crippen LogP contribution in [0, 0.1) is 5.82 Å². The number of carbonyl (C=O) groups is 2. The van der Waals surface area contributed by atoms with Gasteiger partial charge in [0.05, 0.1) is 18.1 Å². The molecule has 0 bridgehead atoms. The van der Waals surface area contributed by atoms with Crippen LogP contribution in [0.4, 0.5) is 4.39 Å². The van der Waals surface area contributed by atoms with Crippen LogP contribution in [0.2, 0.25) is 0 Å². The summed E-state index contributed by atoms with van der Waals surface area (Å²) in [6.45, 7) is 0.297. The normalized spacial score (nSPS) is 16.0. The number of benzene rings is 2. The van der Waals surface area contributed by atoms with Gasteiger partial charge in [-0.1, -0.05) is 36.4 Å². The van der Waals surface area contributed by atoms with E-state index in [2.05, 4.69) is 10.3 Å². The van der Waals surface area contributed by atoms with Gasteiger partial charge in [-0.15, -0.1) is 23.1 Å². The van der Waals surface area contributed by atoms with Crippen LogP contribution < -0.4 is 5.32 Å². The van der Waals surface area contributed by atoms with E-state index in [9.17, 15) is 14.0 Å². The van der Waals surface area contributed by atoms with Crippen LogP contribution in [0.3, 0.4) is 0 Å². The largest absolute Gasteiger partial charge is 0.349 e. The topological polar surface area (TPSA) is 62.3 Å². The van der Waals surface area contributed by atoms with E-state index in [1.807, 2.05) is 35.7 Å². The van der Waals surface area contributed by atoms with Crippen LogP contribution >= 0.6 is 23.1 Å². The van der Waals surface area contributed by atoms with Gasteiger partial charge in [-0.2, -0.15) is 0 Å². The molecule has 1 N–H and O–H groups in total. The molecule has 1 aliphatic heterocycles. The summed E-state index contributed by atoms with van der Waals surface area (Å²) in [5.74, 6) is -0.119. The Bertz CT molecular complexity index is 1030. The lowest BCUT2D eigenvalue weighted by molar-refractivity contribution is -0.124. The van der Waals surface area contributed by atoms with Crippen molar-refractivity contribution in [3.63, 3.8) is 0 Å².